The minimum absolute atomic E-state index is 0.334. The van der Waals surface area contributed by atoms with Crippen molar-refractivity contribution in [1.82, 2.24) is 0 Å². The van der Waals surface area contributed by atoms with Gasteiger partial charge in [0, 0.05) is 11.1 Å². The SMILES string of the molecule is CCC(C(=O)O)C1(c2cccc3ccccc23)OC(=O)c2ccccc21. The Kier molecular flexibility index (Phi) is 3.76. The minimum atomic E-state index is -1.34. The van der Waals surface area contributed by atoms with E-state index < -0.39 is 23.5 Å². The largest absolute Gasteiger partial charge is 0.481 e. The molecule has 0 aliphatic carbocycles. The lowest BCUT2D eigenvalue weighted by Crippen LogP contribution is -2.41. The Hall–Kier alpha value is -3.14. The van der Waals surface area contributed by atoms with Gasteiger partial charge in [-0.2, -0.15) is 0 Å². The number of ether oxygens (including phenoxy) is 1. The number of rotatable bonds is 4. The van der Waals surface area contributed by atoms with E-state index in [9.17, 15) is 14.7 Å². The van der Waals surface area contributed by atoms with Gasteiger partial charge in [-0.15, -0.1) is 0 Å². The van der Waals surface area contributed by atoms with Crippen LogP contribution in [0.3, 0.4) is 0 Å². The lowest BCUT2D eigenvalue weighted by atomic mass is 9.73. The topological polar surface area (TPSA) is 63.6 Å². The van der Waals surface area contributed by atoms with E-state index in [1.165, 1.54) is 0 Å². The second-order valence-electron chi connectivity index (χ2n) is 6.50. The van der Waals surface area contributed by atoms with Gasteiger partial charge in [-0.3, -0.25) is 4.79 Å². The molecule has 0 saturated heterocycles. The van der Waals surface area contributed by atoms with Gasteiger partial charge in [0.2, 0.25) is 0 Å². The maximum Gasteiger partial charge on any atom is 0.339 e. The first-order valence-electron chi connectivity index (χ1n) is 8.63. The predicted octanol–water partition coefficient (Wildman–Crippen LogP) is 4.36. The molecule has 4 rings (SSSR count). The van der Waals surface area contributed by atoms with Crippen LogP contribution in [-0.2, 0) is 15.1 Å². The normalized spacial score (nSPS) is 19.8. The summed E-state index contributed by atoms with van der Waals surface area (Å²) in [6, 6.07) is 20.5. The van der Waals surface area contributed by atoms with Crippen LogP contribution >= 0.6 is 0 Å². The number of hydrogen-bond acceptors (Lipinski definition) is 3. The van der Waals surface area contributed by atoms with E-state index in [4.69, 9.17) is 4.74 Å². The summed E-state index contributed by atoms with van der Waals surface area (Å²) < 4.78 is 5.91. The highest BCUT2D eigenvalue weighted by Gasteiger charge is 2.55. The van der Waals surface area contributed by atoms with Crippen molar-refractivity contribution in [3.63, 3.8) is 0 Å². The van der Waals surface area contributed by atoms with Crippen molar-refractivity contribution >= 4 is 22.7 Å². The van der Waals surface area contributed by atoms with E-state index >= 15 is 0 Å². The van der Waals surface area contributed by atoms with Gasteiger partial charge >= 0.3 is 11.9 Å². The lowest BCUT2D eigenvalue weighted by molar-refractivity contribution is -0.149. The average molecular weight is 346 g/mol. The number of aliphatic carboxylic acids is 1. The number of cyclic esters (lactones) is 1. The highest BCUT2D eigenvalue weighted by atomic mass is 16.6. The third-order valence-corrected chi connectivity index (χ3v) is 5.19. The van der Waals surface area contributed by atoms with E-state index in [0.29, 0.717) is 23.1 Å². The van der Waals surface area contributed by atoms with Gasteiger partial charge in [-0.05, 0) is 23.3 Å². The van der Waals surface area contributed by atoms with Crippen LogP contribution in [0.25, 0.3) is 10.8 Å². The van der Waals surface area contributed by atoms with Gasteiger partial charge in [-0.1, -0.05) is 67.6 Å². The number of carbonyl (C=O) groups is 2. The lowest BCUT2D eigenvalue weighted by Gasteiger charge is -2.35. The third kappa shape index (κ3) is 2.15. The zero-order valence-corrected chi connectivity index (χ0v) is 14.3. The summed E-state index contributed by atoms with van der Waals surface area (Å²) in [5, 5.41) is 11.8. The Morgan fingerprint density at radius 2 is 1.65 bits per heavy atom. The molecule has 26 heavy (non-hydrogen) atoms. The maximum atomic E-state index is 12.6. The number of carboxylic acids is 1. The summed E-state index contributed by atoms with van der Waals surface area (Å²) in [6.45, 7) is 1.81. The molecule has 2 atom stereocenters. The zero-order valence-electron chi connectivity index (χ0n) is 14.3. The van der Waals surface area contributed by atoms with E-state index in [1.807, 2.05) is 48.5 Å². The van der Waals surface area contributed by atoms with Crippen LogP contribution < -0.4 is 0 Å². The Balaban J connectivity index is 2.12. The first kappa shape index (κ1) is 16.3. The molecule has 1 N–H and O–H groups in total. The Morgan fingerprint density at radius 3 is 2.42 bits per heavy atom. The molecule has 4 heteroatoms. The molecule has 1 aliphatic rings. The maximum absolute atomic E-state index is 12.6. The molecule has 1 aliphatic heterocycles. The van der Waals surface area contributed by atoms with E-state index in [1.54, 1.807) is 25.1 Å². The smallest absolute Gasteiger partial charge is 0.339 e. The molecular weight excluding hydrogens is 328 g/mol. The molecule has 3 aromatic carbocycles. The molecule has 2 unspecified atom stereocenters. The van der Waals surface area contributed by atoms with Crippen molar-refractivity contribution in [1.29, 1.82) is 0 Å². The summed E-state index contributed by atoms with van der Waals surface area (Å²) in [6.07, 6.45) is 0.334. The van der Waals surface area contributed by atoms with Crippen molar-refractivity contribution < 1.29 is 19.4 Å². The first-order valence-corrected chi connectivity index (χ1v) is 8.63. The zero-order chi connectivity index (χ0) is 18.3. The Labute approximate surface area is 151 Å². The van der Waals surface area contributed by atoms with Crippen molar-refractivity contribution in [2.45, 2.75) is 18.9 Å². The van der Waals surface area contributed by atoms with Crippen molar-refractivity contribution in [3.8, 4) is 0 Å². The number of carboxylic acid groups (broad SMARTS) is 1. The standard InChI is InChI=1S/C22H18O4/c1-2-17(20(23)24)22(19-12-6-5-11-16(19)21(25)26-22)18-13-7-9-14-8-3-4-10-15(14)18/h3-13,17H,2H2,1H3,(H,23,24). The molecule has 0 fully saturated rings. The van der Waals surface area contributed by atoms with Gasteiger partial charge in [0.05, 0.1) is 5.56 Å². The van der Waals surface area contributed by atoms with Gasteiger partial charge in [0.1, 0.15) is 5.92 Å². The molecule has 4 nitrogen and oxygen atoms in total. The van der Waals surface area contributed by atoms with E-state index in [2.05, 4.69) is 0 Å². The highest BCUT2D eigenvalue weighted by molar-refractivity contribution is 5.98. The van der Waals surface area contributed by atoms with E-state index in [-0.39, 0.29) is 0 Å². The first-order chi connectivity index (χ1) is 12.6. The van der Waals surface area contributed by atoms with Crippen molar-refractivity contribution in [3.05, 3.63) is 83.4 Å². The summed E-state index contributed by atoms with van der Waals surface area (Å²) in [5.41, 5.74) is 0.425. The number of hydrogen-bond donors (Lipinski definition) is 1. The number of fused-ring (bicyclic) bond motifs is 2. The van der Waals surface area contributed by atoms with Crippen molar-refractivity contribution in [2.75, 3.05) is 0 Å². The van der Waals surface area contributed by atoms with Crippen LogP contribution in [0.5, 0.6) is 0 Å². The summed E-state index contributed by atoms with van der Waals surface area (Å²) in [7, 11) is 0. The monoisotopic (exact) mass is 346 g/mol. The molecule has 0 radical (unpaired) electrons. The fourth-order valence-electron chi connectivity index (χ4n) is 4.07. The van der Waals surface area contributed by atoms with Crippen LogP contribution in [0, 0.1) is 5.92 Å². The van der Waals surface area contributed by atoms with E-state index in [0.717, 1.165) is 10.8 Å². The predicted molar refractivity (Wildman–Crippen MR) is 98.0 cm³/mol. The molecule has 130 valence electrons. The van der Waals surface area contributed by atoms with Crippen LogP contribution in [-0.4, -0.2) is 17.0 Å². The molecule has 1 heterocycles. The fourth-order valence-corrected chi connectivity index (χ4v) is 4.07. The average Bonchev–Trinajstić information content (AvgIpc) is 2.95. The summed E-state index contributed by atoms with van der Waals surface area (Å²) >= 11 is 0. The number of benzene rings is 3. The molecule has 0 amide bonds. The molecule has 0 spiro atoms. The molecule has 0 aromatic heterocycles. The highest BCUT2D eigenvalue weighted by Crippen LogP contribution is 2.50. The van der Waals surface area contributed by atoms with Crippen LogP contribution in [0.15, 0.2) is 66.7 Å². The van der Waals surface area contributed by atoms with Gasteiger partial charge in [-0.25, -0.2) is 4.79 Å². The van der Waals surface area contributed by atoms with Gasteiger partial charge in [0.25, 0.3) is 0 Å². The van der Waals surface area contributed by atoms with Gasteiger partial charge in [0.15, 0.2) is 5.60 Å². The quantitative estimate of drug-likeness (QED) is 0.713. The minimum Gasteiger partial charge on any atom is -0.481 e. The van der Waals surface area contributed by atoms with Gasteiger partial charge < -0.3 is 9.84 Å². The molecular formula is C22H18O4. The fraction of sp³-hybridized carbons (Fsp3) is 0.182. The second kappa shape index (κ2) is 5.99. The summed E-state index contributed by atoms with van der Waals surface area (Å²) in [5.74, 6) is -2.35. The molecule has 3 aromatic rings. The van der Waals surface area contributed by atoms with Crippen LogP contribution in [0.4, 0.5) is 0 Å². The van der Waals surface area contributed by atoms with Crippen LogP contribution in [0.1, 0.15) is 34.8 Å². The molecule has 0 saturated carbocycles. The summed E-state index contributed by atoms with van der Waals surface area (Å²) in [4.78, 5) is 24.8. The second-order valence-corrected chi connectivity index (χ2v) is 6.50. The number of esters is 1. The Bertz CT molecular complexity index is 1020. The number of carbonyl (C=O) groups excluding carboxylic acids is 1. The van der Waals surface area contributed by atoms with Crippen molar-refractivity contribution in [2.24, 2.45) is 5.92 Å². The molecule has 0 bridgehead atoms. The Morgan fingerprint density at radius 1 is 1.00 bits per heavy atom. The third-order valence-electron chi connectivity index (χ3n) is 5.19. The van der Waals surface area contributed by atoms with Crippen LogP contribution in [0.2, 0.25) is 0 Å².